The van der Waals surface area contributed by atoms with Crippen LogP contribution in [0.3, 0.4) is 0 Å². The third kappa shape index (κ3) is 2.30. The lowest BCUT2D eigenvalue weighted by Gasteiger charge is -2.00. The monoisotopic (exact) mass is 260 g/mol. The number of rotatable bonds is 4. The van der Waals surface area contributed by atoms with E-state index in [1.807, 2.05) is 0 Å². The second kappa shape index (κ2) is 4.69. The van der Waals surface area contributed by atoms with Gasteiger partial charge in [0.2, 0.25) is 0 Å². The number of benzene rings is 1. The van der Waals surface area contributed by atoms with E-state index in [0.29, 0.717) is 0 Å². The number of aryl methyl sites for hydroxylation is 1. The average molecular weight is 260 g/mol. The van der Waals surface area contributed by atoms with Gasteiger partial charge in [-0.3, -0.25) is 0 Å². The molecule has 0 unspecified atom stereocenters. The van der Waals surface area contributed by atoms with Gasteiger partial charge in [0.1, 0.15) is 6.33 Å². The van der Waals surface area contributed by atoms with Crippen LogP contribution in [0.25, 0.3) is 10.2 Å². The lowest BCUT2D eigenvalue weighted by atomic mass is 10.2. The molecule has 3 aromatic rings. The Hall–Kier alpha value is -2.02. The largest absolute Gasteiger partial charge is 0.360 e. The molecule has 0 aliphatic heterocycles. The number of hydrogen-bond donors (Lipinski definition) is 1. The number of thiazole rings is 1. The Kier molecular flexibility index (Phi) is 2.89. The zero-order chi connectivity index (χ0) is 12.4. The molecule has 0 atom stereocenters. The third-order valence-corrected chi connectivity index (χ3v) is 3.55. The molecular formula is C11H12N6S. The van der Waals surface area contributed by atoms with Crippen molar-refractivity contribution in [2.45, 2.75) is 13.5 Å². The molecule has 0 saturated heterocycles. The Morgan fingerprint density at radius 1 is 1.39 bits per heavy atom. The van der Waals surface area contributed by atoms with Crippen LogP contribution < -0.4 is 5.32 Å². The molecule has 6 nitrogen and oxygen atoms in total. The van der Waals surface area contributed by atoms with E-state index in [2.05, 4.69) is 50.9 Å². The summed E-state index contributed by atoms with van der Waals surface area (Å²) in [6.07, 6.45) is 1.60. The molecule has 92 valence electrons. The van der Waals surface area contributed by atoms with Gasteiger partial charge in [0, 0.05) is 6.54 Å². The standard InChI is InChI=1S/C11H12N6S/c1-8-2-3-10-9(6-8)14-11(18-10)12-4-5-17-7-13-15-16-17/h2-3,6-7H,4-5H2,1H3,(H,12,14). The van der Waals surface area contributed by atoms with Gasteiger partial charge in [-0.25, -0.2) is 9.67 Å². The Morgan fingerprint density at radius 2 is 2.33 bits per heavy atom. The first-order valence-electron chi connectivity index (χ1n) is 5.63. The van der Waals surface area contributed by atoms with Crippen molar-refractivity contribution in [2.24, 2.45) is 0 Å². The fraction of sp³-hybridized carbons (Fsp3) is 0.273. The van der Waals surface area contributed by atoms with Crippen molar-refractivity contribution in [1.29, 1.82) is 0 Å². The maximum absolute atomic E-state index is 4.54. The maximum atomic E-state index is 4.54. The minimum absolute atomic E-state index is 0.724. The Balaban J connectivity index is 1.67. The molecule has 0 fully saturated rings. The number of fused-ring (bicyclic) bond motifs is 1. The molecule has 0 saturated carbocycles. The summed E-state index contributed by atoms with van der Waals surface area (Å²) < 4.78 is 2.88. The topological polar surface area (TPSA) is 68.5 Å². The third-order valence-electron chi connectivity index (χ3n) is 2.55. The fourth-order valence-electron chi connectivity index (χ4n) is 1.67. The fourth-order valence-corrected chi connectivity index (χ4v) is 2.54. The molecule has 0 amide bonds. The molecule has 1 N–H and O–H groups in total. The second-order valence-corrected chi connectivity index (χ2v) is 5.02. The quantitative estimate of drug-likeness (QED) is 0.773. The van der Waals surface area contributed by atoms with Gasteiger partial charge in [-0.05, 0) is 35.0 Å². The summed E-state index contributed by atoms with van der Waals surface area (Å²) in [4.78, 5) is 4.54. The van der Waals surface area contributed by atoms with Crippen molar-refractivity contribution >= 4 is 26.7 Å². The van der Waals surface area contributed by atoms with Crippen LogP contribution in [0.1, 0.15) is 5.56 Å². The Bertz CT molecular complexity index is 645. The van der Waals surface area contributed by atoms with Crippen LogP contribution in [-0.4, -0.2) is 31.7 Å². The molecule has 18 heavy (non-hydrogen) atoms. The minimum atomic E-state index is 0.724. The minimum Gasteiger partial charge on any atom is -0.360 e. The van der Waals surface area contributed by atoms with Gasteiger partial charge in [-0.2, -0.15) is 0 Å². The number of anilines is 1. The van der Waals surface area contributed by atoms with E-state index in [4.69, 9.17) is 0 Å². The summed E-state index contributed by atoms with van der Waals surface area (Å²) >= 11 is 1.66. The Morgan fingerprint density at radius 3 is 3.17 bits per heavy atom. The summed E-state index contributed by atoms with van der Waals surface area (Å²) in [7, 11) is 0. The SMILES string of the molecule is Cc1ccc2sc(NCCn3cnnn3)nc2c1. The van der Waals surface area contributed by atoms with Crippen molar-refractivity contribution in [3.8, 4) is 0 Å². The number of tetrazole rings is 1. The molecule has 7 heteroatoms. The maximum Gasteiger partial charge on any atom is 0.183 e. The lowest BCUT2D eigenvalue weighted by Crippen LogP contribution is -2.10. The smallest absolute Gasteiger partial charge is 0.183 e. The van der Waals surface area contributed by atoms with Crippen LogP contribution in [0.15, 0.2) is 24.5 Å². The van der Waals surface area contributed by atoms with Crippen LogP contribution in [0.2, 0.25) is 0 Å². The van der Waals surface area contributed by atoms with Gasteiger partial charge < -0.3 is 5.32 Å². The molecule has 2 heterocycles. The highest BCUT2D eigenvalue weighted by Gasteiger charge is 2.03. The molecule has 0 bridgehead atoms. The van der Waals surface area contributed by atoms with Crippen molar-refractivity contribution in [2.75, 3.05) is 11.9 Å². The van der Waals surface area contributed by atoms with Crippen molar-refractivity contribution in [1.82, 2.24) is 25.2 Å². The van der Waals surface area contributed by atoms with Gasteiger partial charge in [-0.1, -0.05) is 17.4 Å². The molecule has 0 radical (unpaired) electrons. The van der Waals surface area contributed by atoms with E-state index in [9.17, 15) is 0 Å². The highest BCUT2D eigenvalue weighted by molar-refractivity contribution is 7.22. The highest BCUT2D eigenvalue weighted by Crippen LogP contribution is 2.26. The van der Waals surface area contributed by atoms with Gasteiger partial charge in [0.25, 0.3) is 0 Å². The van der Waals surface area contributed by atoms with Crippen LogP contribution in [0.5, 0.6) is 0 Å². The lowest BCUT2D eigenvalue weighted by molar-refractivity contribution is 0.608. The molecule has 0 aliphatic rings. The van der Waals surface area contributed by atoms with Gasteiger partial charge >= 0.3 is 0 Å². The molecular weight excluding hydrogens is 248 g/mol. The zero-order valence-electron chi connectivity index (χ0n) is 9.87. The van der Waals surface area contributed by atoms with Gasteiger partial charge in [0.15, 0.2) is 5.13 Å². The Labute approximate surface area is 108 Å². The first kappa shape index (κ1) is 11.1. The van der Waals surface area contributed by atoms with Crippen LogP contribution in [0.4, 0.5) is 5.13 Å². The van der Waals surface area contributed by atoms with E-state index in [1.54, 1.807) is 22.3 Å². The van der Waals surface area contributed by atoms with Crippen molar-refractivity contribution in [3.63, 3.8) is 0 Å². The highest BCUT2D eigenvalue weighted by atomic mass is 32.1. The first-order chi connectivity index (χ1) is 8.81. The number of hydrogen-bond acceptors (Lipinski definition) is 6. The summed E-state index contributed by atoms with van der Waals surface area (Å²) in [5, 5.41) is 15.2. The predicted octanol–water partition coefficient (Wildman–Crippen LogP) is 1.70. The number of nitrogens with zero attached hydrogens (tertiary/aromatic N) is 5. The van der Waals surface area contributed by atoms with E-state index in [-0.39, 0.29) is 0 Å². The van der Waals surface area contributed by atoms with E-state index >= 15 is 0 Å². The molecule has 3 rings (SSSR count). The predicted molar refractivity (Wildman–Crippen MR) is 70.7 cm³/mol. The van der Waals surface area contributed by atoms with E-state index in [1.165, 1.54) is 10.3 Å². The van der Waals surface area contributed by atoms with Gasteiger partial charge in [0.05, 0.1) is 16.8 Å². The molecule has 2 aromatic heterocycles. The van der Waals surface area contributed by atoms with Crippen molar-refractivity contribution < 1.29 is 0 Å². The normalized spacial score (nSPS) is 10.9. The second-order valence-electron chi connectivity index (χ2n) is 3.99. The van der Waals surface area contributed by atoms with Crippen molar-refractivity contribution in [3.05, 3.63) is 30.1 Å². The van der Waals surface area contributed by atoms with Crippen LogP contribution in [-0.2, 0) is 6.54 Å². The van der Waals surface area contributed by atoms with Crippen LogP contribution >= 0.6 is 11.3 Å². The molecule has 1 aromatic carbocycles. The molecule has 0 aliphatic carbocycles. The summed E-state index contributed by atoms with van der Waals surface area (Å²) in [5.74, 6) is 0. The van der Waals surface area contributed by atoms with E-state index < -0.39 is 0 Å². The first-order valence-corrected chi connectivity index (χ1v) is 6.45. The van der Waals surface area contributed by atoms with E-state index in [0.717, 1.165) is 23.7 Å². The summed E-state index contributed by atoms with van der Waals surface area (Å²) in [5.41, 5.74) is 2.28. The average Bonchev–Trinajstić information content (AvgIpc) is 2.97. The van der Waals surface area contributed by atoms with Crippen LogP contribution in [0, 0.1) is 6.92 Å². The summed E-state index contributed by atoms with van der Waals surface area (Å²) in [6.45, 7) is 3.55. The number of nitrogens with one attached hydrogen (secondary N) is 1. The number of aromatic nitrogens is 5. The zero-order valence-corrected chi connectivity index (χ0v) is 10.7. The summed E-state index contributed by atoms with van der Waals surface area (Å²) in [6, 6.07) is 6.30. The van der Waals surface area contributed by atoms with Gasteiger partial charge in [-0.15, -0.1) is 5.10 Å². The molecule has 0 spiro atoms.